The van der Waals surface area contributed by atoms with E-state index < -0.39 is 28.5 Å². The van der Waals surface area contributed by atoms with E-state index in [4.69, 9.17) is 33.2 Å². The van der Waals surface area contributed by atoms with Gasteiger partial charge in [-0.05, 0) is 36.4 Å². The van der Waals surface area contributed by atoms with Crippen molar-refractivity contribution in [2.75, 3.05) is 18.5 Å². The van der Waals surface area contributed by atoms with Crippen molar-refractivity contribution in [3.63, 3.8) is 0 Å². The van der Waals surface area contributed by atoms with E-state index in [2.05, 4.69) is 10.0 Å². The normalized spacial score (nSPS) is 10.8. The number of amides is 1. The number of hydrogen-bond acceptors (Lipinski definition) is 6. The number of rotatable bonds is 8. The number of ether oxygens (including phenoxy) is 1. The minimum atomic E-state index is -3.82. The quantitative estimate of drug-likeness (QED) is 0.589. The fraction of sp³-hybridized carbons (Fsp3) is 0.167. The molecule has 29 heavy (non-hydrogen) atoms. The minimum Gasteiger partial charge on any atom is -0.456 e. The predicted molar refractivity (Wildman–Crippen MR) is 107 cm³/mol. The molecule has 0 spiro atoms. The Hall–Kier alpha value is -2.64. The van der Waals surface area contributed by atoms with Crippen molar-refractivity contribution in [1.29, 1.82) is 5.26 Å². The molecule has 2 N–H and O–H groups in total. The first kappa shape index (κ1) is 22.6. The molecule has 0 aliphatic rings. The van der Waals surface area contributed by atoms with Crippen LogP contribution in [-0.4, -0.2) is 33.4 Å². The van der Waals surface area contributed by atoms with Crippen LogP contribution in [0.5, 0.6) is 0 Å². The Morgan fingerprint density at radius 2 is 1.90 bits per heavy atom. The highest BCUT2D eigenvalue weighted by molar-refractivity contribution is 7.89. The summed E-state index contributed by atoms with van der Waals surface area (Å²) in [5.74, 6) is -1.37. The standard InChI is InChI=1S/C18H15Cl2N3O5S/c19-13-2-1-3-15(8-13)29(26,27)22-7-6-18(25)28-11-17(24)23-14-5-4-12(10-21)16(20)9-14/h1-5,8-9,22H,6-7,11H2,(H,23,24). The van der Waals surface area contributed by atoms with Crippen LogP contribution in [-0.2, 0) is 24.3 Å². The zero-order chi connectivity index (χ0) is 21.4. The molecule has 11 heteroatoms. The zero-order valence-electron chi connectivity index (χ0n) is 14.8. The van der Waals surface area contributed by atoms with Gasteiger partial charge in [-0.25, -0.2) is 13.1 Å². The molecule has 0 aliphatic heterocycles. The third-order valence-electron chi connectivity index (χ3n) is 3.47. The lowest BCUT2D eigenvalue weighted by molar-refractivity contribution is -0.147. The summed E-state index contributed by atoms with van der Waals surface area (Å²) in [6.45, 7) is -0.766. The van der Waals surface area contributed by atoms with Gasteiger partial charge in [0, 0.05) is 17.3 Å². The monoisotopic (exact) mass is 455 g/mol. The van der Waals surface area contributed by atoms with Crippen LogP contribution in [0.15, 0.2) is 47.4 Å². The molecule has 0 fully saturated rings. The van der Waals surface area contributed by atoms with E-state index in [0.29, 0.717) is 5.69 Å². The molecule has 0 saturated heterocycles. The van der Waals surface area contributed by atoms with Gasteiger partial charge in [-0.3, -0.25) is 9.59 Å². The van der Waals surface area contributed by atoms with Crippen LogP contribution in [0.1, 0.15) is 12.0 Å². The van der Waals surface area contributed by atoms with Gasteiger partial charge in [0.25, 0.3) is 5.91 Å². The van der Waals surface area contributed by atoms with Gasteiger partial charge >= 0.3 is 5.97 Å². The number of esters is 1. The lowest BCUT2D eigenvalue weighted by atomic mass is 10.2. The van der Waals surface area contributed by atoms with E-state index in [1.807, 2.05) is 6.07 Å². The third kappa shape index (κ3) is 7.03. The fourth-order valence-corrected chi connectivity index (χ4v) is 3.66. The first-order chi connectivity index (χ1) is 13.7. The van der Waals surface area contributed by atoms with Crippen molar-refractivity contribution in [2.45, 2.75) is 11.3 Å². The number of halogens is 2. The Bertz CT molecular complexity index is 1070. The second-order valence-corrected chi connectivity index (χ2v) is 8.23. The number of nitrogens with zero attached hydrogens (tertiary/aromatic N) is 1. The largest absolute Gasteiger partial charge is 0.456 e. The van der Waals surface area contributed by atoms with Gasteiger partial charge in [-0.15, -0.1) is 0 Å². The van der Waals surface area contributed by atoms with Crippen LogP contribution >= 0.6 is 23.2 Å². The second kappa shape index (κ2) is 10.2. The highest BCUT2D eigenvalue weighted by Crippen LogP contribution is 2.20. The van der Waals surface area contributed by atoms with Gasteiger partial charge in [0.1, 0.15) is 6.07 Å². The Morgan fingerprint density at radius 3 is 2.55 bits per heavy atom. The average molecular weight is 456 g/mol. The first-order valence-electron chi connectivity index (χ1n) is 8.11. The van der Waals surface area contributed by atoms with Gasteiger partial charge in [0.15, 0.2) is 6.61 Å². The molecular formula is C18H15Cl2N3O5S. The highest BCUT2D eigenvalue weighted by Gasteiger charge is 2.15. The van der Waals surface area contributed by atoms with Crippen molar-refractivity contribution in [2.24, 2.45) is 0 Å². The molecule has 152 valence electrons. The molecule has 0 aliphatic carbocycles. The summed E-state index contributed by atoms with van der Waals surface area (Å²) >= 11 is 11.6. The first-order valence-corrected chi connectivity index (χ1v) is 10.4. The van der Waals surface area contributed by atoms with E-state index >= 15 is 0 Å². The van der Waals surface area contributed by atoms with Gasteiger partial charge in [-0.2, -0.15) is 5.26 Å². The minimum absolute atomic E-state index is 0.0289. The molecule has 2 aromatic carbocycles. The second-order valence-electron chi connectivity index (χ2n) is 5.62. The number of nitrogens with one attached hydrogen (secondary N) is 2. The molecule has 0 aromatic heterocycles. The molecule has 2 rings (SSSR count). The zero-order valence-corrected chi connectivity index (χ0v) is 17.1. The molecule has 8 nitrogen and oxygen atoms in total. The lowest BCUT2D eigenvalue weighted by Gasteiger charge is -2.08. The van der Waals surface area contributed by atoms with Crippen LogP contribution < -0.4 is 10.0 Å². The third-order valence-corrected chi connectivity index (χ3v) is 5.47. The number of sulfonamides is 1. The average Bonchev–Trinajstić information content (AvgIpc) is 2.66. The predicted octanol–water partition coefficient (Wildman–Crippen LogP) is 2.72. The maximum absolute atomic E-state index is 12.1. The summed E-state index contributed by atoms with van der Waals surface area (Å²) in [4.78, 5) is 23.5. The van der Waals surface area contributed by atoms with Gasteiger partial charge in [0.05, 0.1) is 21.9 Å². The number of nitriles is 1. The van der Waals surface area contributed by atoms with Crippen LogP contribution in [0, 0.1) is 11.3 Å². The van der Waals surface area contributed by atoms with E-state index in [-0.39, 0.29) is 33.5 Å². The summed E-state index contributed by atoms with van der Waals surface area (Å²) < 4.78 is 31.2. The lowest BCUT2D eigenvalue weighted by Crippen LogP contribution is -2.28. The number of carbonyl (C=O) groups is 2. The molecular weight excluding hydrogens is 441 g/mol. The van der Waals surface area contributed by atoms with Gasteiger partial charge in [0.2, 0.25) is 10.0 Å². The number of hydrogen-bond donors (Lipinski definition) is 2. The molecule has 0 unspecified atom stereocenters. The molecule has 0 saturated carbocycles. The van der Waals surface area contributed by atoms with E-state index in [9.17, 15) is 18.0 Å². The van der Waals surface area contributed by atoms with Crippen LogP contribution in [0.25, 0.3) is 0 Å². The Kier molecular flexibility index (Phi) is 7.99. The summed E-state index contributed by atoms with van der Waals surface area (Å²) in [6.07, 6.45) is -0.268. The van der Waals surface area contributed by atoms with Gasteiger partial charge in [-0.1, -0.05) is 29.3 Å². The SMILES string of the molecule is N#Cc1ccc(NC(=O)COC(=O)CCNS(=O)(=O)c2cccc(Cl)c2)cc1Cl. The Labute approximate surface area is 177 Å². The summed E-state index contributed by atoms with van der Waals surface area (Å²) in [7, 11) is -3.82. The van der Waals surface area contributed by atoms with Gasteiger partial charge < -0.3 is 10.1 Å². The smallest absolute Gasteiger partial charge is 0.307 e. The van der Waals surface area contributed by atoms with Crippen LogP contribution in [0.4, 0.5) is 5.69 Å². The van der Waals surface area contributed by atoms with Crippen molar-refractivity contribution in [3.05, 3.63) is 58.1 Å². The Morgan fingerprint density at radius 1 is 1.14 bits per heavy atom. The number of carbonyl (C=O) groups excluding carboxylic acids is 2. The summed E-state index contributed by atoms with van der Waals surface area (Å²) in [5, 5.41) is 11.7. The van der Waals surface area contributed by atoms with Crippen molar-refractivity contribution in [1.82, 2.24) is 4.72 Å². The van der Waals surface area contributed by atoms with Crippen molar-refractivity contribution >= 4 is 50.8 Å². The molecule has 0 radical (unpaired) electrons. The highest BCUT2D eigenvalue weighted by atomic mass is 35.5. The summed E-state index contributed by atoms with van der Waals surface area (Å²) in [5.41, 5.74) is 0.598. The van der Waals surface area contributed by atoms with Crippen LogP contribution in [0.3, 0.4) is 0 Å². The van der Waals surface area contributed by atoms with Crippen LogP contribution in [0.2, 0.25) is 10.0 Å². The molecule has 2 aromatic rings. The van der Waals surface area contributed by atoms with Crippen molar-refractivity contribution < 1.29 is 22.7 Å². The number of benzene rings is 2. The topological polar surface area (TPSA) is 125 Å². The molecule has 0 bridgehead atoms. The maximum Gasteiger partial charge on any atom is 0.307 e. The molecule has 1 amide bonds. The maximum atomic E-state index is 12.1. The van der Waals surface area contributed by atoms with E-state index in [1.165, 1.54) is 42.5 Å². The summed E-state index contributed by atoms with van der Waals surface area (Å²) in [6, 6.07) is 11.9. The van der Waals surface area contributed by atoms with Crippen molar-refractivity contribution in [3.8, 4) is 6.07 Å². The fourth-order valence-electron chi connectivity index (χ4n) is 2.10. The molecule has 0 atom stereocenters. The number of anilines is 1. The Balaban J connectivity index is 1.76. The van der Waals surface area contributed by atoms with E-state index in [0.717, 1.165) is 0 Å². The van der Waals surface area contributed by atoms with E-state index in [1.54, 1.807) is 0 Å². The molecule has 0 heterocycles.